The van der Waals surface area contributed by atoms with Gasteiger partial charge in [0.25, 0.3) is 0 Å². The molecule has 1 aromatic rings. The molecule has 1 heterocycles. The Morgan fingerprint density at radius 1 is 1.33 bits per heavy atom. The first-order valence-electron chi connectivity index (χ1n) is 5.72. The summed E-state index contributed by atoms with van der Waals surface area (Å²) in [6.07, 6.45) is 0.366. The molecular weight excluding hydrogens is 256 g/mol. The third kappa shape index (κ3) is 2.38. The van der Waals surface area contributed by atoms with Crippen molar-refractivity contribution in [3.63, 3.8) is 0 Å². The summed E-state index contributed by atoms with van der Waals surface area (Å²) >= 11 is 6.03. The summed E-state index contributed by atoms with van der Waals surface area (Å²) in [6.45, 7) is 4.27. The Bertz CT molecular complexity index is 482. The van der Waals surface area contributed by atoms with E-state index >= 15 is 0 Å². The summed E-state index contributed by atoms with van der Waals surface area (Å²) in [4.78, 5) is 11.2. The van der Waals surface area contributed by atoms with Crippen molar-refractivity contribution >= 4 is 17.6 Å². The molecule has 0 unspecified atom stereocenters. The van der Waals surface area contributed by atoms with Crippen molar-refractivity contribution in [1.29, 1.82) is 0 Å². The highest BCUT2D eigenvalue weighted by atomic mass is 35.5. The maximum absolute atomic E-state index is 11.2. The van der Waals surface area contributed by atoms with E-state index in [-0.39, 0.29) is 0 Å². The van der Waals surface area contributed by atoms with Gasteiger partial charge in [-0.25, -0.2) is 0 Å². The molecule has 4 nitrogen and oxygen atoms in total. The van der Waals surface area contributed by atoms with Crippen LogP contribution < -0.4 is 9.47 Å². The molecule has 18 heavy (non-hydrogen) atoms. The van der Waals surface area contributed by atoms with E-state index in [9.17, 15) is 4.79 Å². The van der Waals surface area contributed by atoms with E-state index in [4.69, 9.17) is 26.2 Å². The number of ether oxygens (including phenoxy) is 2. The summed E-state index contributed by atoms with van der Waals surface area (Å²) in [7, 11) is 0. The van der Waals surface area contributed by atoms with Gasteiger partial charge in [-0.2, -0.15) is 0 Å². The van der Waals surface area contributed by atoms with Gasteiger partial charge in [0.15, 0.2) is 11.5 Å². The summed E-state index contributed by atoms with van der Waals surface area (Å²) in [6, 6.07) is 3.50. The van der Waals surface area contributed by atoms with Gasteiger partial charge >= 0.3 is 5.97 Å². The minimum atomic E-state index is -0.859. The highest BCUT2D eigenvalue weighted by molar-refractivity contribution is 6.32. The van der Waals surface area contributed by atoms with E-state index in [1.165, 1.54) is 0 Å². The second kappa shape index (κ2) is 4.69. The van der Waals surface area contributed by atoms with E-state index in [2.05, 4.69) is 0 Å². The molecule has 1 N–H and O–H groups in total. The predicted molar refractivity (Wildman–Crippen MR) is 67.6 cm³/mol. The van der Waals surface area contributed by atoms with Crippen molar-refractivity contribution in [2.75, 3.05) is 13.2 Å². The van der Waals surface area contributed by atoms with E-state index in [0.717, 1.165) is 5.56 Å². The van der Waals surface area contributed by atoms with Gasteiger partial charge in [0.1, 0.15) is 13.2 Å². The molecule has 0 saturated carbocycles. The van der Waals surface area contributed by atoms with E-state index in [1.807, 2.05) is 0 Å². The SMILES string of the molecule is CC(C)(Cc1ccc(Cl)c2c1OCCO2)C(=O)O. The molecule has 0 aromatic heterocycles. The molecule has 0 fully saturated rings. The summed E-state index contributed by atoms with van der Waals surface area (Å²) in [5, 5.41) is 9.65. The van der Waals surface area contributed by atoms with E-state index < -0.39 is 11.4 Å². The van der Waals surface area contributed by atoms with Crippen molar-refractivity contribution in [3.8, 4) is 11.5 Å². The van der Waals surface area contributed by atoms with Crippen molar-refractivity contribution in [3.05, 3.63) is 22.7 Å². The zero-order valence-corrected chi connectivity index (χ0v) is 11.1. The Labute approximate surface area is 110 Å². The number of hydrogen-bond acceptors (Lipinski definition) is 3. The van der Waals surface area contributed by atoms with Crippen LogP contribution in [-0.4, -0.2) is 24.3 Å². The Morgan fingerprint density at radius 2 is 1.94 bits per heavy atom. The third-order valence-corrected chi connectivity index (χ3v) is 3.23. The minimum absolute atomic E-state index is 0.366. The van der Waals surface area contributed by atoms with Crippen molar-refractivity contribution in [2.45, 2.75) is 20.3 Å². The Morgan fingerprint density at radius 3 is 2.56 bits per heavy atom. The van der Waals surface area contributed by atoms with E-state index in [0.29, 0.717) is 36.2 Å². The van der Waals surface area contributed by atoms with Gasteiger partial charge < -0.3 is 14.6 Å². The number of carboxylic acids is 1. The fraction of sp³-hybridized carbons (Fsp3) is 0.462. The lowest BCUT2D eigenvalue weighted by atomic mass is 9.85. The van der Waals surface area contributed by atoms with Crippen LogP contribution in [-0.2, 0) is 11.2 Å². The Hall–Kier alpha value is -1.42. The maximum Gasteiger partial charge on any atom is 0.309 e. The van der Waals surface area contributed by atoms with Gasteiger partial charge in [0, 0.05) is 0 Å². The third-order valence-electron chi connectivity index (χ3n) is 2.93. The zero-order valence-electron chi connectivity index (χ0n) is 10.3. The van der Waals surface area contributed by atoms with Crippen LogP contribution in [0.3, 0.4) is 0 Å². The number of carbonyl (C=O) groups is 1. The number of rotatable bonds is 3. The van der Waals surface area contributed by atoms with Gasteiger partial charge in [-0.3, -0.25) is 4.79 Å². The molecule has 2 rings (SSSR count). The highest BCUT2D eigenvalue weighted by Crippen LogP contribution is 2.42. The minimum Gasteiger partial charge on any atom is -0.486 e. The molecule has 0 radical (unpaired) electrons. The van der Waals surface area contributed by atoms with Crippen LogP contribution >= 0.6 is 11.6 Å². The molecule has 1 aliphatic rings. The summed E-state index contributed by atoms with van der Waals surface area (Å²) in [5.41, 5.74) is -0.0518. The monoisotopic (exact) mass is 270 g/mol. The normalized spacial score (nSPS) is 14.4. The second-order valence-electron chi connectivity index (χ2n) is 4.93. The fourth-order valence-electron chi connectivity index (χ4n) is 1.85. The smallest absolute Gasteiger partial charge is 0.309 e. The first kappa shape index (κ1) is 13.0. The second-order valence-corrected chi connectivity index (χ2v) is 5.33. The molecule has 5 heteroatoms. The number of aliphatic carboxylic acids is 1. The van der Waals surface area contributed by atoms with Crippen LogP contribution in [0.15, 0.2) is 12.1 Å². The number of hydrogen-bond donors (Lipinski definition) is 1. The fourth-order valence-corrected chi connectivity index (χ4v) is 2.05. The van der Waals surface area contributed by atoms with E-state index in [1.54, 1.807) is 26.0 Å². The van der Waals surface area contributed by atoms with Gasteiger partial charge in [0.05, 0.1) is 10.4 Å². The number of carboxylic acid groups (broad SMARTS) is 1. The Balaban J connectivity index is 2.37. The summed E-state index contributed by atoms with van der Waals surface area (Å²) in [5.74, 6) is 0.243. The lowest BCUT2D eigenvalue weighted by molar-refractivity contribution is -0.146. The van der Waals surface area contributed by atoms with Crippen LogP contribution in [0.25, 0.3) is 0 Å². The molecule has 0 atom stereocenters. The molecular formula is C13H15ClO4. The lowest BCUT2D eigenvalue weighted by Gasteiger charge is -2.25. The first-order chi connectivity index (χ1) is 8.42. The average molecular weight is 271 g/mol. The van der Waals surface area contributed by atoms with Crippen molar-refractivity contribution in [1.82, 2.24) is 0 Å². The number of fused-ring (bicyclic) bond motifs is 1. The number of halogens is 1. The maximum atomic E-state index is 11.2. The highest BCUT2D eigenvalue weighted by Gasteiger charge is 2.30. The van der Waals surface area contributed by atoms with Gasteiger partial charge in [0.2, 0.25) is 0 Å². The largest absolute Gasteiger partial charge is 0.486 e. The van der Waals surface area contributed by atoms with Crippen molar-refractivity contribution in [2.24, 2.45) is 5.41 Å². The Kier molecular flexibility index (Phi) is 3.39. The van der Waals surface area contributed by atoms with Crippen molar-refractivity contribution < 1.29 is 19.4 Å². The summed E-state index contributed by atoms with van der Waals surface area (Å²) < 4.78 is 11.0. The predicted octanol–water partition coefficient (Wildman–Crippen LogP) is 2.76. The molecule has 0 spiro atoms. The molecule has 0 bridgehead atoms. The lowest BCUT2D eigenvalue weighted by Crippen LogP contribution is -2.27. The molecule has 0 saturated heterocycles. The molecule has 1 aliphatic heterocycles. The van der Waals surface area contributed by atoms with Crippen LogP contribution in [0.2, 0.25) is 5.02 Å². The average Bonchev–Trinajstić information content (AvgIpc) is 2.33. The molecule has 0 aliphatic carbocycles. The number of benzene rings is 1. The zero-order chi connectivity index (χ0) is 13.3. The molecule has 98 valence electrons. The van der Waals surface area contributed by atoms with Gasteiger partial charge in [-0.15, -0.1) is 0 Å². The van der Waals surface area contributed by atoms with Crippen LogP contribution in [0.4, 0.5) is 0 Å². The quantitative estimate of drug-likeness (QED) is 0.918. The van der Waals surface area contributed by atoms with Crippen LogP contribution in [0, 0.1) is 5.41 Å². The standard InChI is InChI=1S/C13H15ClO4/c1-13(2,12(15)16)7-8-3-4-9(14)11-10(8)17-5-6-18-11/h3-4H,5-7H2,1-2H3,(H,15,16). The van der Waals surface area contributed by atoms with Crippen LogP contribution in [0.5, 0.6) is 11.5 Å². The first-order valence-corrected chi connectivity index (χ1v) is 6.10. The molecule has 0 amide bonds. The topological polar surface area (TPSA) is 55.8 Å². The van der Waals surface area contributed by atoms with Gasteiger partial charge in [-0.05, 0) is 31.9 Å². The molecule has 1 aromatic carbocycles. The van der Waals surface area contributed by atoms with Crippen LogP contribution in [0.1, 0.15) is 19.4 Å². The van der Waals surface area contributed by atoms with Gasteiger partial charge in [-0.1, -0.05) is 17.7 Å².